The van der Waals surface area contributed by atoms with Crippen LogP contribution in [0.4, 0.5) is 5.82 Å². The number of anilines is 1. The highest BCUT2D eigenvalue weighted by atomic mass is 15.0. The molecule has 0 aliphatic carbocycles. The topological polar surface area (TPSA) is 24.9 Å². The van der Waals surface area contributed by atoms with Crippen molar-refractivity contribution in [2.24, 2.45) is 0 Å². The predicted molar refractivity (Wildman–Crippen MR) is 56.3 cm³/mol. The van der Waals surface area contributed by atoms with Gasteiger partial charge in [0.2, 0.25) is 0 Å². The summed E-state index contributed by atoms with van der Waals surface area (Å²) in [5.74, 6) is 0.801. The number of allylic oxidation sites excluding steroid dienone is 3. The second-order valence-corrected chi connectivity index (χ2v) is 2.40. The van der Waals surface area contributed by atoms with Gasteiger partial charge in [-0.25, -0.2) is 4.98 Å². The highest BCUT2D eigenvalue weighted by molar-refractivity contribution is 5.44. The molecule has 0 radical (unpaired) electrons. The van der Waals surface area contributed by atoms with E-state index in [1.165, 1.54) is 0 Å². The molecule has 0 aromatic carbocycles. The van der Waals surface area contributed by atoms with E-state index in [0.29, 0.717) is 0 Å². The van der Waals surface area contributed by atoms with Crippen molar-refractivity contribution in [2.45, 2.75) is 0 Å². The van der Waals surface area contributed by atoms with E-state index in [1.807, 2.05) is 24.3 Å². The van der Waals surface area contributed by atoms with Gasteiger partial charge in [0.15, 0.2) is 0 Å². The van der Waals surface area contributed by atoms with Gasteiger partial charge in [0.25, 0.3) is 0 Å². The van der Waals surface area contributed by atoms with Crippen LogP contribution in [0.2, 0.25) is 0 Å². The van der Waals surface area contributed by atoms with Crippen molar-refractivity contribution in [3.63, 3.8) is 0 Å². The van der Waals surface area contributed by atoms with Crippen LogP contribution in [0.3, 0.4) is 0 Å². The Bertz CT molecular complexity index is 312. The van der Waals surface area contributed by atoms with Crippen molar-refractivity contribution in [3.05, 3.63) is 61.5 Å². The molecule has 2 heteroatoms. The first-order valence-electron chi connectivity index (χ1n) is 4.00. The van der Waals surface area contributed by atoms with Crippen LogP contribution in [-0.4, -0.2) is 4.98 Å². The van der Waals surface area contributed by atoms with Crippen molar-refractivity contribution in [3.8, 4) is 0 Å². The first kappa shape index (κ1) is 9.26. The Balaban J connectivity index is 2.73. The Kier molecular flexibility index (Phi) is 3.51. The number of nitrogens with one attached hydrogen (secondary N) is 1. The molecule has 0 bridgehead atoms. The molecule has 1 N–H and O–H groups in total. The average Bonchev–Trinajstić information content (AvgIpc) is 2.19. The monoisotopic (exact) mass is 172 g/mol. The smallest absolute Gasteiger partial charge is 0.130 e. The molecule has 0 aliphatic rings. The van der Waals surface area contributed by atoms with Gasteiger partial charge >= 0.3 is 0 Å². The highest BCUT2D eigenvalue weighted by Gasteiger charge is 1.91. The Morgan fingerprint density at radius 3 is 2.77 bits per heavy atom. The maximum atomic E-state index is 4.11. The van der Waals surface area contributed by atoms with Gasteiger partial charge < -0.3 is 5.32 Å². The zero-order valence-corrected chi connectivity index (χ0v) is 7.40. The molecule has 0 amide bonds. The molecule has 0 saturated carbocycles. The molecular formula is C11H12N2. The normalized spacial score (nSPS) is 10.6. The first-order valence-corrected chi connectivity index (χ1v) is 4.00. The van der Waals surface area contributed by atoms with E-state index in [9.17, 15) is 0 Å². The maximum Gasteiger partial charge on any atom is 0.130 e. The second kappa shape index (κ2) is 4.93. The summed E-state index contributed by atoms with van der Waals surface area (Å²) >= 11 is 0. The molecule has 0 fully saturated rings. The number of nitrogens with zero attached hydrogens (tertiary/aromatic N) is 1. The highest BCUT2D eigenvalue weighted by Crippen LogP contribution is 2.05. The molecule has 66 valence electrons. The number of pyridine rings is 1. The van der Waals surface area contributed by atoms with E-state index in [-0.39, 0.29) is 0 Å². The molecular weight excluding hydrogens is 160 g/mol. The van der Waals surface area contributed by atoms with Gasteiger partial charge in [-0.3, -0.25) is 0 Å². The van der Waals surface area contributed by atoms with Crippen LogP contribution in [0.1, 0.15) is 0 Å². The van der Waals surface area contributed by atoms with Gasteiger partial charge in [0.05, 0.1) is 0 Å². The molecule has 1 heterocycles. The summed E-state index contributed by atoms with van der Waals surface area (Å²) in [4.78, 5) is 4.11. The van der Waals surface area contributed by atoms with E-state index >= 15 is 0 Å². The van der Waals surface area contributed by atoms with Crippen LogP contribution in [0.25, 0.3) is 0 Å². The van der Waals surface area contributed by atoms with E-state index in [0.717, 1.165) is 11.5 Å². The van der Waals surface area contributed by atoms with Gasteiger partial charge in [-0.2, -0.15) is 0 Å². The van der Waals surface area contributed by atoms with Gasteiger partial charge in [0, 0.05) is 11.9 Å². The van der Waals surface area contributed by atoms with Crippen molar-refractivity contribution >= 4 is 5.82 Å². The molecule has 1 rings (SSSR count). The lowest BCUT2D eigenvalue weighted by molar-refractivity contribution is 1.29. The van der Waals surface area contributed by atoms with E-state index in [2.05, 4.69) is 23.5 Å². The largest absolute Gasteiger partial charge is 0.340 e. The first-order chi connectivity index (χ1) is 6.36. The summed E-state index contributed by atoms with van der Waals surface area (Å²) in [6.07, 6.45) is 6.99. The fourth-order valence-electron chi connectivity index (χ4n) is 0.872. The number of hydrogen-bond donors (Lipinski definition) is 1. The molecule has 1 aromatic heterocycles. The van der Waals surface area contributed by atoms with Crippen molar-refractivity contribution in [1.29, 1.82) is 0 Å². The van der Waals surface area contributed by atoms with Crippen LogP contribution < -0.4 is 5.32 Å². The third-order valence-corrected chi connectivity index (χ3v) is 1.45. The second-order valence-electron chi connectivity index (χ2n) is 2.40. The molecule has 0 unspecified atom stereocenters. The Morgan fingerprint density at radius 1 is 1.38 bits per heavy atom. The Morgan fingerprint density at radius 2 is 2.23 bits per heavy atom. The van der Waals surface area contributed by atoms with Crippen LogP contribution in [-0.2, 0) is 0 Å². The number of rotatable bonds is 4. The quantitative estimate of drug-likeness (QED) is 0.706. The molecule has 0 spiro atoms. The van der Waals surface area contributed by atoms with Gasteiger partial charge in [0.1, 0.15) is 5.82 Å². The summed E-state index contributed by atoms with van der Waals surface area (Å²) in [6, 6.07) is 5.68. The standard InChI is InChI=1S/C11H12N2/c1-3-7-10(4-2)13-11-8-5-6-9-12-11/h3-9H,1-2H2,(H,12,13). The van der Waals surface area contributed by atoms with Crippen LogP contribution >= 0.6 is 0 Å². The van der Waals surface area contributed by atoms with Crippen molar-refractivity contribution in [1.82, 2.24) is 4.98 Å². The lowest BCUT2D eigenvalue weighted by Crippen LogP contribution is -1.97. The van der Waals surface area contributed by atoms with Gasteiger partial charge in [-0.05, 0) is 24.3 Å². The van der Waals surface area contributed by atoms with Crippen LogP contribution in [0, 0.1) is 0 Å². The minimum absolute atomic E-state index is 0.801. The molecule has 2 nitrogen and oxygen atoms in total. The molecule has 1 aromatic rings. The lowest BCUT2D eigenvalue weighted by Gasteiger charge is -2.03. The summed E-state index contributed by atoms with van der Waals surface area (Å²) in [5.41, 5.74) is 0.883. The zero-order chi connectivity index (χ0) is 9.52. The summed E-state index contributed by atoms with van der Waals surface area (Å²) in [5, 5.41) is 3.09. The Hall–Kier alpha value is -1.83. The third-order valence-electron chi connectivity index (χ3n) is 1.45. The molecule has 0 atom stereocenters. The van der Waals surface area contributed by atoms with Crippen molar-refractivity contribution in [2.75, 3.05) is 5.32 Å². The minimum Gasteiger partial charge on any atom is -0.340 e. The van der Waals surface area contributed by atoms with Crippen LogP contribution in [0.15, 0.2) is 61.5 Å². The summed E-state index contributed by atoms with van der Waals surface area (Å²) in [7, 11) is 0. The van der Waals surface area contributed by atoms with Gasteiger partial charge in [-0.1, -0.05) is 25.3 Å². The third kappa shape index (κ3) is 2.95. The molecule has 0 saturated heterocycles. The fourth-order valence-corrected chi connectivity index (χ4v) is 0.872. The molecule has 13 heavy (non-hydrogen) atoms. The van der Waals surface area contributed by atoms with E-state index in [4.69, 9.17) is 0 Å². The van der Waals surface area contributed by atoms with Gasteiger partial charge in [-0.15, -0.1) is 0 Å². The van der Waals surface area contributed by atoms with E-state index < -0.39 is 0 Å². The maximum absolute atomic E-state index is 4.11. The van der Waals surface area contributed by atoms with Crippen molar-refractivity contribution < 1.29 is 0 Å². The van der Waals surface area contributed by atoms with Crippen LogP contribution in [0.5, 0.6) is 0 Å². The molecule has 0 aliphatic heterocycles. The minimum atomic E-state index is 0.801. The predicted octanol–water partition coefficient (Wildman–Crippen LogP) is 2.75. The summed E-state index contributed by atoms with van der Waals surface area (Å²) < 4.78 is 0. The zero-order valence-electron chi connectivity index (χ0n) is 7.40. The Labute approximate surface area is 78.3 Å². The fraction of sp³-hybridized carbons (Fsp3) is 0. The lowest BCUT2D eigenvalue weighted by atomic mass is 10.3. The number of hydrogen-bond acceptors (Lipinski definition) is 2. The summed E-state index contributed by atoms with van der Waals surface area (Å²) in [6.45, 7) is 7.27. The average molecular weight is 172 g/mol. The SMILES string of the molecule is C=CC=C(C=C)Nc1ccccn1. The van der Waals surface area contributed by atoms with E-state index in [1.54, 1.807) is 18.3 Å². The number of aromatic nitrogens is 1.